The number of fused-ring (bicyclic) bond motifs is 8. The molecule has 0 unspecified atom stereocenters. The number of nitrogens with zero attached hydrogens (tertiary/aromatic N) is 2. The van der Waals surface area contributed by atoms with Crippen LogP contribution in [-0.4, -0.2) is 25.8 Å². The first-order valence-corrected chi connectivity index (χ1v) is 26.6. The van der Waals surface area contributed by atoms with E-state index < -0.39 is 0 Å². The number of H-pyrrole nitrogens is 2. The average Bonchev–Trinajstić information content (AvgIpc) is 4.19. The van der Waals surface area contributed by atoms with E-state index in [1.54, 1.807) is 0 Å². The lowest BCUT2D eigenvalue weighted by molar-refractivity contribution is 0.102. The Balaban J connectivity index is 1.05. The summed E-state index contributed by atoms with van der Waals surface area (Å²) in [4.78, 5) is 32.3. The third-order valence-corrected chi connectivity index (χ3v) is 15.0. The molecular formula is C71H73N5O. The van der Waals surface area contributed by atoms with Crippen molar-refractivity contribution >= 4 is 62.0 Å². The maximum Gasteiger partial charge on any atom is 0.255 e. The van der Waals surface area contributed by atoms with Gasteiger partial charge in [0.1, 0.15) is 0 Å². The summed E-state index contributed by atoms with van der Waals surface area (Å²) in [6.07, 6.45) is 29.2. The molecule has 5 heterocycles. The molecule has 3 N–H and O–H groups in total. The monoisotopic (exact) mass is 1010 g/mol. The summed E-state index contributed by atoms with van der Waals surface area (Å²) in [6.45, 7) is 30.0. The van der Waals surface area contributed by atoms with Gasteiger partial charge in [0.25, 0.3) is 5.91 Å². The third kappa shape index (κ3) is 12.4. The first kappa shape index (κ1) is 54.6. The zero-order chi connectivity index (χ0) is 55.1. The number of rotatable bonds is 13. The minimum absolute atomic E-state index is 0.173. The van der Waals surface area contributed by atoms with Crippen LogP contribution in [-0.2, 0) is 0 Å². The Kier molecular flexibility index (Phi) is 17.0. The lowest BCUT2D eigenvalue weighted by atomic mass is 9.96. The smallest absolute Gasteiger partial charge is 0.255 e. The van der Waals surface area contributed by atoms with Crippen molar-refractivity contribution in [2.75, 3.05) is 5.32 Å². The second-order valence-corrected chi connectivity index (χ2v) is 20.7. The summed E-state index contributed by atoms with van der Waals surface area (Å²) in [6, 6.07) is 29.0. The largest absolute Gasteiger partial charge is 0.354 e. The Morgan fingerprint density at radius 1 is 0.481 bits per heavy atom. The minimum atomic E-state index is -0.173. The van der Waals surface area contributed by atoms with Crippen molar-refractivity contribution in [3.63, 3.8) is 0 Å². The molecule has 2 aliphatic rings. The Bertz CT molecular complexity index is 3820. The fourth-order valence-electron chi connectivity index (χ4n) is 9.59. The second kappa shape index (κ2) is 23.9. The van der Waals surface area contributed by atoms with Crippen molar-refractivity contribution in [3.8, 4) is 22.3 Å². The van der Waals surface area contributed by atoms with Crippen molar-refractivity contribution < 1.29 is 4.79 Å². The van der Waals surface area contributed by atoms with E-state index in [0.29, 0.717) is 11.3 Å². The van der Waals surface area contributed by atoms with Crippen LogP contribution in [0.3, 0.4) is 0 Å². The molecule has 0 fully saturated rings. The predicted octanol–water partition coefficient (Wildman–Crippen LogP) is 19.4. The molecule has 6 aromatic rings. The molecule has 8 rings (SSSR count). The molecule has 388 valence electrons. The highest BCUT2D eigenvalue weighted by atomic mass is 16.1. The third-order valence-electron chi connectivity index (χ3n) is 15.0. The SMILES string of the molecule is C/C=C/C(C)=C/C=C/C(C)=C/C=C/C=C(C)/C=C/C=C(C)/C=C/c1ccc(C(=O)Nc2ccc(-c3c4nc(cc5[nH]c(c(C)c5C)c(-c5ccc(C)cc5)c5nc(cc6[nH]c3c(C)c6C)C(C)=C5C)C(C)=C4C)cc2)cc1. The van der Waals surface area contributed by atoms with Crippen molar-refractivity contribution in [3.05, 3.63) is 248 Å². The molecule has 0 atom stereocenters. The summed E-state index contributed by atoms with van der Waals surface area (Å²) >= 11 is 0. The van der Waals surface area contributed by atoms with Crippen LogP contribution in [0.2, 0.25) is 0 Å². The van der Waals surface area contributed by atoms with Gasteiger partial charge in [-0.2, -0.15) is 0 Å². The van der Waals surface area contributed by atoms with Crippen LogP contribution in [0.1, 0.15) is 129 Å². The van der Waals surface area contributed by atoms with Gasteiger partial charge in [0, 0.05) is 33.4 Å². The molecule has 3 aromatic heterocycles. The van der Waals surface area contributed by atoms with Crippen molar-refractivity contribution in [2.24, 2.45) is 0 Å². The molecule has 8 bridgehead atoms. The van der Waals surface area contributed by atoms with Crippen LogP contribution >= 0.6 is 0 Å². The number of aromatic nitrogens is 4. The highest BCUT2D eigenvalue weighted by Gasteiger charge is 2.24. The molecule has 0 radical (unpaired) electrons. The number of nitrogens with one attached hydrogen (secondary N) is 3. The van der Waals surface area contributed by atoms with E-state index >= 15 is 0 Å². The van der Waals surface area contributed by atoms with Gasteiger partial charge in [-0.05, 0) is 195 Å². The lowest BCUT2D eigenvalue weighted by Gasteiger charge is -2.10. The van der Waals surface area contributed by atoms with Gasteiger partial charge in [-0.1, -0.05) is 161 Å². The molecule has 0 aliphatic carbocycles. The zero-order valence-corrected chi connectivity index (χ0v) is 47.5. The van der Waals surface area contributed by atoms with Gasteiger partial charge in [0.2, 0.25) is 0 Å². The van der Waals surface area contributed by atoms with E-state index in [0.717, 1.165) is 117 Å². The van der Waals surface area contributed by atoms with E-state index in [4.69, 9.17) is 9.97 Å². The molecule has 6 heteroatoms. The van der Waals surface area contributed by atoms with Crippen LogP contribution < -0.4 is 5.32 Å². The van der Waals surface area contributed by atoms with Crippen LogP contribution in [0.25, 0.3) is 72.7 Å². The van der Waals surface area contributed by atoms with E-state index in [9.17, 15) is 4.79 Å². The fourth-order valence-corrected chi connectivity index (χ4v) is 9.59. The highest BCUT2D eigenvalue weighted by molar-refractivity contribution is 6.05. The van der Waals surface area contributed by atoms with Crippen molar-refractivity contribution in [2.45, 2.75) is 96.9 Å². The summed E-state index contributed by atoms with van der Waals surface area (Å²) in [7, 11) is 0. The Hall–Kier alpha value is -8.61. The molecule has 6 nitrogen and oxygen atoms in total. The zero-order valence-electron chi connectivity index (χ0n) is 47.5. The van der Waals surface area contributed by atoms with Gasteiger partial charge in [-0.25, -0.2) is 9.97 Å². The summed E-state index contributed by atoms with van der Waals surface area (Å²) in [5, 5.41) is 3.14. The predicted molar refractivity (Wildman–Crippen MR) is 333 cm³/mol. The van der Waals surface area contributed by atoms with Crippen molar-refractivity contribution in [1.82, 2.24) is 19.9 Å². The van der Waals surface area contributed by atoms with Gasteiger partial charge in [0.05, 0.1) is 33.8 Å². The maximum absolute atomic E-state index is 13.7. The van der Waals surface area contributed by atoms with Gasteiger partial charge in [-0.15, -0.1) is 0 Å². The number of hydrogen-bond donors (Lipinski definition) is 3. The maximum atomic E-state index is 13.7. The lowest BCUT2D eigenvalue weighted by Crippen LogP contribution is -2.11. The van der Waals surface area contributed by atoms with Crippen LogP contribution in [0.4, 0.5) is 5.69 Å². The molecule has 0 saturated carbocycles. The first-order valence-electron chi connectivity index (χ1n) is 26.6. The van der Waals surface area contributed by atoms with Gasteiger partial charge in [0.15, 0.2) is 0 Å². The quantitative estimate of drug-likeness (QED) is 0.101. The fraction of sp³-hybridized carbons (Fsp3) is 0.197. The van der Waals surface area contributed by atoms with E-state index in [2.05, 4.69) is 233 Å². The summed E-state index contributed by atoms with van der Waals surface area (Å²) in [5.41, 5.74) is 29.4. The Morgan fingerprint density at radius 3 is 1.38 bits per heavy atom. The van der Waals surface area contributed by atoms with Gasteiger partial charge >= 0.3 is 0 Å². The highest BCUT2D eigenvalue weighted by Crippen LogP contribution is 2.42. The summed E-state index contributed by atoms with van der Waals surface area (Å²) in [5.74, 6) is -0.173. The first-order chi connectivity index (χ1) is 36.9. The minimum Gasteiger partial charge on any atom is -0.354 e. The second-order valence-electron chi connectivity index (χ2n) is 20.7. The molecule has 77 heavy (non-hydrogen) atoms. The number of aromatic amines is 2. The van der Waals surface area contributed by atoms with Gasteiger partial charge < -0.3 is 15.3 Å². The average molecular weight is 1010 g/mol. The Morgan fingerprint density at radius 2 is 0.909 bits per heavy atom. The van der Waals surface area contributed by atoms with E-state index in [1.807, 2.05) is 49.4 Å². The number of aryl methyl sites for hydroxylation is 5. The van der Waals surface area contributed by atoms with Crippen LogP contribution in [0, 0.1) is 34.6 Å². The topological polar surface area (TPSA) is 86.5 Å². The number of hydrogen-bond acceptors (Lipinski definition) is 3. The van der Waals surface area contributed by atoms with Gasteiger partial charge in [-0.3, -0.25) is 4.79 Å². The number of allylic oxidation sites excluding steroid dienone is 21. The van der Waals surface area contributed by atoms with E-state index in [1.165, 1.54) is 27.8 Å². The molecule has 0 saturated heterocycles. The van der Waals surface area contributed by atoms with E-state index in [-0.39, 0.29) is 5.91 Å². The number of anilines is 1. The molecule has 1 amide bonds. The molecule has 2 aliphatic heterocycles. The summed E-state index contributed by atoms with van der Waals surface area (Å²) < 4.78 is 0. The number of carbonyl (C=O) groups excluding carboxylic acids is 1. The van der Waals surface area contributed by atoms with Crippen molar-refractivity contribution in [1.29, 1.82) is 0 Å². The number of carbonyl (C=O) groups is 1. The van der Waals surface area contributed by atoms with Crippen LogP contribution in [0.15, 0.2) is 186 Å². The normalized spacial score (nSPS) is 14.1. The molecule has 3 aromatic carbocycles. The van der Waals surface area contributed by atoms with Crippen LogP contribution in [0.5, 0.6) is 0 Å². The molecule has 0 spiro atoms. The number of amides is 1. The Labute approximate surface area is 457 Å². The standard InChI is InChI=1S/C71H73N5O/c1-15-20-43(2)23-18-24-44(3)21-16-17-22-45(4)25-19-26-46(5)27-30-56-31-35-59(36-32-56)71(77)72-60-39-37-58(38-40-60)66-69-54(13)50(9)63(75-69)41-61-48(7)52(11)67(73-61)65(57-33-28-47(6)29-34-57)68-53(12)49(8)62(74-68)42-64-51(10)55(14)70(66)76-64/h15-42,73,76H,1-14H3,(H,72,77)/b17-16+,20-15+,24-18+,25-19+,30-27+,43-23+,44-21+,45-22+,46-26+,61-41?,62-42?,63-41?,64-42?,67-65?,68-65?,69-66?,70-66?. The number of benzene rings is 3. The molecular weight excluding hydrogens is 939 g/mol.